The van der Waals surface area contributed by atoms with Crippen molar-refractivity contribution < 1.29 is 14.5 Å². The molecule has 1 N–H and O–H groups in total. The summed E-state index contributed by atoms with van der Waals surface area (Å²) in [6, 6.07) is 3.92. The van der Waals surface area contributed by atoms with E-state index in [9.17, 15) is 9.90 Å². The topological polar surface area (TPSA) is 41.2 Å². The van der Waals surface area contributed by atoms with Crippen molar-refractivity contribution in [1.29, 1.82) is 0 Å². The number of rotatable bonds is 18. The highest BCUT2D eigenvalue weighted by Crippen LogP contribution is 2.24. The summed E-state index contributed by atoms with van der Waals surface area (Å²) >= 11 is 0. The SMILES string of the molecule is CCCCCCCCCCCCCCCCCC(C(=O)O)c1ccc[n+](C)c1C. The Bertz CT molecular complexity index is 556. The van der Waals surface area contributed by atoms with Crippen LogP contribution in [-0.4, -0.2) is 11.1 Å². The van der Waals surface area contributed by atoms with Gasteiger partial charge in [0.05, 0.1) is 5.92 Å². The minimum absolute atomic E-state index is 0.371. The summed E-state index contributed by atoms with van der Waals surface area (Å²) in [6.07, 6.45) is 22.8. The number of hydrogen-bond donors (Lipinski definition) is 1. The highest BCUT2D eigenvalue weighted by atomic mass is 16.4. The van der Waals surface area contributed by atoms with E-state index in [0.29, 0.717) is 0 Å². The van der Waals surface area contributed by atoms with Crippen molar-refractivity contribution in [3.8, 4) is 0 Å². The average molecular weight is 405 g/mol. The number of aliphatic carboxylic acids is 1. The molecule has 166 valence electrons. The Morgan fingerprint density at radius 1 is 0.862 bits per heavy atom. The fourth-order valence-corrected chi connectivity index (χ4v) is 4.21. The van der Waals surface area contributed by atoms with E-state index in [-0.39, 0.29) is 5.92 Å². The lowest BCUT2D eigenvalue weighted by Gasteiger charge is -2.13. The maximum atomic E-state index is 11.7. The van der Waals surface area contributed by atoms with E-state index in [1.54, 1.807) is 0 Å². The van der Waals surface area contributed by atoms with E-state index in [1.165, 1.54) is 83.5 Å². The second-order valence-corrected chi connectivity index (χ2v) is 8.79. The van der Waals surface area contributed by atoms with Crippen LogP contribution in [0.2, 0.25) is 0 Å². The lowest BCUT2D eigenvalue weighted by atomic mass is 9.92. The first-order valence-electron chi connectivity index (χ1n) is 12.3. The van der Waals surface area contributed by atoms with Crippen LogP contribution in [0.4, 0.5) is 0 Å². The summed E-state index contributed by atoms with van der Waals surface area (Å²) in [5.41, 5.74) is 2.02. The van der Waals surface area contributed by atoms with Crippen LogP contribution < -0.4 is 4.57 Å². The van der Waals surface area contributed by atoms with E-state index < -0.39 is 5.97 Å². The third-order valence-electron chi connectivity index (χ3n) is 6.30. The van der Waals surface area contributed by atoms with Gasteiger partial charge in [0.15, 0.2) is 11.9 Å². The van der Waals surface area contributed by atoms with Crippen molar-refractivity contribution in [1.82, 2.24) is 0 Å². The fourth-order valence-electron chi connectivity index (χ4n) is 4.21. The second kappa shape index (κ2) is 16.4. The molecule has 0 amide bonds. The Hall–Kier alpha value is -1.38. The molecular weight excluding hydrogens is 358 g/mol. The number of hydrogen-bond acceptors (Lipinski definition) is 1. The van der Waals surface area contributed by atoms with Crippen LogP contribution >= 0.6 is 0 Å². The molecule has 0 spiro atoms. The van der Waals surface area contributed by atoms with Crippen LogP contribution in [0.3, 0.4) is 0 Å². The first-order valence-corrected chi connectivity index (χ1v) is 12.3. The number of carboxylic acids is 1. The molecule has 1 aromatic rings. The maximum absolute atomic E-state index is 11.7. The molecule has 0 bridgehead atoms. The molecule has 0 radical (unpaired) electrons. The molecule has 29 heavy (non-hydrogen) atoms. The van der Waals surface area contributed by atoms with Crippen LogP contribution in [0.15, 0.2) is 18.3 Å². The predicted molar refractivity (Wildman–Crippen MR) is 122 cm³/mol. The van der Waals surface area contributed by atoms with E-state index in [0.717, 1.165) is 30.5 Å². The molecule has 0 aromatic carbocycles. The number of unbranched alkanes of at least 4 members (excludes halogenated alkanes) is 14. The fraction of sp³-hybridized carbons (Fsp3) is 0.769. The van der Waals surface area contributed by atoms with Crippen LogP contribution in [0.25, 0.3) is 0 Å². The lowest BCUT2D eigenvalue weighted by Crippen LogP contribution is -2.33. The summed E-state index contributed by atoms with van der Waals surface area (Å²) in [6.45, 7) is 4.29. The summed E-state index contributed by atoms with van der Waals surface area (Å²) in [7, 11) is 1.98. The zero-order valence-corrected chi connectivity index (χ0v) is 19.4. The van der Waals surface area contributed by atoms with Crippen molar-refractivity contribution in [2.45, 2.75) is 122 Å². The molecule has 0 aliphatic heterocycles. The standard InChI is InChI=1S/C26H45NO2/c1-4-5-6-7-8-9-10-11-12-13-14-15-16-17-18-20-25(26(28)29)24-21-19-22-27(3)23(24)2/h19,21-22,25H,4-18,20H2,1-3H3/p+1. The molecule has 0 saturated carbocycles. The van der Waals surface area contributed by atoms with Crippen molar-refractivity contribution in [2.24, 2.45) is 7.05 Å². The molecule has 1 rings (SSSR count). The average Bonchev–Trinajstić information content (AvgIpc) is 2.70. The van der Waals surface area contributed by atoms with Crippen LogP contribution in [0.1, 0.15) is 127 Å². The summed E-state index contributed by atoms with van der Waals surface area (Å²) in [5.74, 6) is -1.06. The van der Waals surface area contributed by atoms with Crippen molar-refractivity contribution >= 4 is 5.97 Å². The van der Waals surface area contributed by atoms with E-state index in [2.05, 4.69) is 6.92 Å². The molecule has 1 heterocycles. The van der Waals surface area contributed by atoms with Gasteiger partial charge in [0.1, 0.15) is 7.05 Å². The van der Waals surface area contributed by atoms with Gasteiger partial charge < -0.3 is 5.11 Å². The van der Waals surface area contributed by atoms with Crippen LogP contribution in [0.5, 0.6) is 0 Å². The number of aryl methyl sites for hydroxylation is 1. The maximum Gasteiger partial charge on any atom is 0.311 e. The second-order valence-electron chi connectivity index (χ2n) is 8.79. The lowest BCUT2D eigenvalue weighted by molar-refractivity contribution is -0.678. The van der Waals surface area contributed by atoms with Gasteiger partial charge in [-0.3, -0.25) is 4.79 Å². The number of carbonyl (C=O) groups is 1. The highest BCUT2D eigenvalue weighted by Gasteiger charge is 2.24. The highest BCUT2D eigenvalue weighted by molar-refractivity contribution is 5.76. The molecule has 1 unspecified atom stereocenters. The molecular formula is C26H46NO2+. The van der Waals surface area contributed by atoms with Crippen LogP contribution in [-0.2, 0) is 11.8 Å². The molecule has 1 aromatic heterocycles. The third-order valence-corrected chi connectivity index (χ3v) is 6.30. The zero-order valence-electron chi connectivity index (χ0n) is 19.4. The molecule has 0 fully saturated rings. The van der Waals surface area contributed by atoms with Gasteiger partial charge in [-0.25, -0.2) is 4.57 Å². The quantitative estimate of drug-likeness (QED) is 0.207. The summed E-state index contributed by atoms with van der Waals surface area (Å²) in [4.78, 5) is 11.7. The molecule has 1 atom stereocenters. The van der Waals surface area contributed by atoms with Gasteiger partial charge in [-0.15, -0.1) is 0 Å². The van der Waals surface area contributed by atoms with Crippen molar-refractivity contribution in [2.75, 3.05) is 0 Å². The Morgan fingerprint density at radius 3 is 1.76 bits per heavy atom. The molecule has 0 aliphatic rings. The van der Waals surface area contributed by atoms with Gasteiger partial charge in [0.25, 0.3) is 0 Å². The Labute approximate surface area is 179 Å². The van der Waals surface area contributed by atoms with Gasteiger partial charge >= 0.3 is 5.97 Å². The predicted octanol–water partition coefficient (Wildman–Crippen LogP) is 7.25. The molecule has 3 heteroatoms. The van der Waals surface area contributed by atoms with Gasteiger partial charge in [-0.05, 0) is 12.5 Å². The summed E-state index contributed by atoms with van der Waals surface area (Å²) in [5, 5.41) is 9.65. The van der Waals surface area contributed by atoms with E-state index in [4.69, 9.17) is 0 Å². The van der Waals surface area contributed by atoms with Gasteiger partial charge in [-0.1, -0.05) is 103 Å². The first-order chi connectivity index (χ1) is 14.1. The van der Waals surface area contributed by atoms with Gasteiger partial charge in [0, 0.05) is 18.6 Å². The molecule has 0 saturated heterocycles. The zero-order chi connectivity index (χ0) is 21.3. The first kappa shape index (κ1) is 25.7. The molecule has 0 aliphatic carbocycles. The van der Waals surface area contributed by atoms with Gasteiger partial charge in [0.2, 0.25) is 0 Å². The van der Waals surface area contributed by atoms with E-state index in [1.807, 2.05) is 36.9 Å². The van der Waals surface area contributed by atoms with Crippen molar-refractivity contribution in [3.05, 3.63) is 29.6 Å². The number of nitrogens with zero attached hydrogens (tertiary/aromatic N) is 1. The van der Waals surface area contributed by atoms with Crippen LogP contribution in [0, 0.1) is 6.92 Å². The number of pyridine rings is 1. The van der Waals surface area contributed by atoms with Gasteiger partial charge in [-0.2, -0.15) is 0 Å². The minimum Gasteiger partial charge on any atom is -0.481 e. The monoisotopic (exact) mass is 404 g/mol. The summed E-state index contributed by atoms with van der Waals surface area (Å²) < 4.78 is 2.01. The largest absolute Gasteiger partial charge is 0.481 e. The Kier molecular flexibility index (Phi) is 14.5. The number of carboxylic acid groups (broad SMARTS) is 1. The van der Waals surface area contributed by atoms with Crippen molar-refractivity contribution in [3.63, 3.8) is 0 Å². The smallest absolute Gasteiger partial charge is 0.311 e. The number of aromatic nitrogens is 1. The Balaban J connectivity index is 2.03. The minimum atomic E-state index is -0.690. The molecule has 3 nitrogen and oxygen atoms in total. The van der Waals surface area contributed by atoms with E-state index >= 15 is 0 Å². The third kappa shape index (κ3) is 11.4. The Morgan fingerprint density at radius 2 is 1.31 bits per heavy atom. The normalized spacial score (nSPS) is 12.2.